The topological polar surface area (TPSA) is 84.5 Å². The molecule has 1 amide bonds. The Hall–Kier alpha value is -1.44. The third-order valence-electron chi connectivity index (χ3n) is 4.38. The fourth-order valence-electron chi connectivity index (χ4n) is 2.82. The largest absolute Gasteiger partial charge is 0.383 e. The van der Waals surface area contributed by atoms with Gasteiger partial charge in [-0.2, -0.15) is 0 Å². The summed E-state index contributed by atoms with van der Waals surface area (Å²) in [6, 6.07) is 6.21. The summed E-state index contributed by atoms with van der Waals surface area (Å²) in [5.74, 6) is 0.582. The van der Waals surface area contributed by atoms with Crippen LogP contribution in [0.5, 0.6) is 0 Å². The van der Waals surface area contributed by atoms with E-state index in [9.17, 15) is 13.2 Å². The Morgan fingerprint density at radius 2 is 1.79 bits per heavy atom. The zero-order valence-corrected chi connectivity index (χ0v) is 15.1. The van der Waals surface area contributed by atoms with Crippen LogP contribution in [-0.4, -0.2) is 40.6 Å². The van der Waals surface area contributed by atoms with Crippen LogP contribution in [-0.2, 0) is 14.8 Å². The summed E-state index contributed by atoms with van der Waals surface area (Å²) in [4.78, 5) is 12.4. The molecular weight excluding hydrogens is 328 g/mol. The van der Waals surface area contributed by atoms with Crippen LogP contribution in [0.25, 0.3) is 0 Å². The number of rotatable bonds is 7. The van der Waals surface area contributed by atoms with Crippen molar-refractivity contribution in [3.05, 3.63) is 29.8 Å². The fourth-order valence-corrected chi connectivity index (χ4v) is 3.83. The smallest absolute Gasteiger partial charge is 0.251 e. The van der Waals surface area contributed by atoms with Crippen molar-refractivity contribution in [3.8, 4) is 0 Å². The van der Waals surface area contributed by atoms with Gasteiger partial charge >= 0.3 is 0 Å². The standard InChI is InChI=1S/C17H26N2O4S/c1-13-3-7-15(8-4-13)19-17(20)14-5-9-16(10-6-14)24(21,22)18-11-12-23-2/h5-6,9-10,13,15,18H,3-4,7-8,11-12H2,1-2H3,(H,19,20). The second kappa shape index (κ2) is 8.60. The van der Waals surface area contributed by atoms with E-state index >= 15 is 0 Å². The minimum absolute atomic E-state index is 0.140. The first-order valence-electron chi connectivity index (χ1n) is 8.32. The van der Waals surface area contributed by atoms with Gasteiger partial charge in [-0.3, -0.25) is 4.79 Å². The molecule has 134 valence electrons. The van der Waals surface area contributed by atoms with E-state index in [0.717, 1.165) is 31.6 Å². The molecule has 1 aliphatic carbocycles. The first kappa shape index (κ1) is 18.9. The van der Waals surface area contributed by atoms with E-state index < -0.39 is 10.0 Å². The fraction of sp³-hybridized carbons (Fsp3) is 0.588. The van der Waals surface area contributed by atoms with Gasteiger partial charge in [-0.25, -0.2) is 13.1 Å². The summed E-state index contributed by atoms with van der Waals surface area (Å²) >= 11 is 0. The van der Waals surface area contributed by atoms with Crippen LogP contribution >= 0.6 is 0 Å². The summed E-state index contributed by atoms with van der Waals surface area (Å²) in [6.45, 7) is 2.75. The number of ether oxygens (including phenoxy) is 1. The average Bonchev–Trinajstić information content (AvgIpc) is 2.57. The number of hydrogen-bond acceptors (Lipinski definition) is 4. The molecule has 2 N–H and O–H groups in total. The zero-order valence-electron chi connectivity index (χ0n) is 14.2. The van der Waals surface area contributed by atoms with Gasteiger partial charge in [-0.05, 0) is 55.9 Å². The number of carbonyl (C=O) groups is 1. The molecule has 2 rings (SSSR count). The van der Waals surface area contributed by atoms with Crippen molar-refractivity contribution in [3.63, 3.8) is 0 Å². The van der Waals surface area contributed by atoms with E-state index in [1.54, 1.807) is 12.1 Å². The lowest BCUT2D eigenvalue weighted by molar-refractivity contribution is 0.0923. The lowest BCUT2D eigenvalue weighted by Crippen LogP contribution is -2.37. The molecule has 1 aromatic rings. The van der Waals surface area contributed by atoms with Crippen LogP contribution < -0.4 is 10.0 Å². The van der Waals surface area contributed by atoms with E-state index in [4.69, 9.17) is 4.74 Å². The van der Waals surface area contributed by atoms with E-state index in [1.807, 2.05) is 0 Å². The molecule has 0 saturated heterocycles. The summed E-state index contributed by atoms with van der Waals surface area (Å²) in [7, 11) is -2.06. The zero-order chi connectivity index (χ0) is 17.6. The van der Waals surface area contributed by atoms with Crippen molar-refractivity contribution < 1.29 is 17.9 Å². The third-order valence-corrected chi connectivity index (χ3v) is 5.85. The number of carbonyl (C=O) groups excluding carboxylic acids is 1. The van der Waals surface area contributed by atoms with Gasteiger partial charge in [-0.15, -0.1) is 0 Å². The highest BCUT2D eigenvalue weighted by Gasteiger charge is 2.20. The Balaban J connectivity index is 1.94. The van der Waals surface area contributed by atoms with Crippen LogP contribution in [0.2, 0.25) is 0 Å². The number of amides is 1. The SMILES string of the molecule is COCCNS(=O)(=O)c1ccc(C(=O)NC2CCC(C)CC2)cc1. The lowest BCUT2D eigenvalue weighted by Gasteiger charge is -2.26. The van der Waals surface area contributed by atoms with Crippen molar-refractivity contribution >= 4 is 15.9 Å². The van der Waals surface area contributed by atoms with Crippen molar-refractivity contribution in [2.24, 2.45) is 5.92 Å². The summed E-state index contributed by atoms with van der Waals surface area (Å²) in [5.41, 5.74) is 0.476. The number of methoxy groups -OCH3 is 1. The molecule has 0 radical (unpaired) electrons. The Kier molecular flexibility index (Phi) is 6.77. The molecule has 0 aliphatic heterocycles. The predicted octanol–water partition coefficient (Wildman–Crippen LogP) is 1.92. The molecule has 0 unspecified atom stereocenters. The van der Waals surface area contributed by atoms with Crippen molar-refractivity contribution in [2.75, 3.05) is 20.3 Å². The molecule has 1 aliphatic rings. The average molecular weight is 354 g/mol. The van der Waals surface area contributed by atoms with Gasteiger partial charge in [0, 0.05) is 25.3 Å². The van der Waals surface area contributed by atoms with Crippen molar-refractivity contribution in [1.29, 1.82) is 0 Å². The minimum atomic E-state index is -3.57. The molecule has 7 heteroatoms. The highest BCUT2D eigenvalue weighted by Crippen LogP contribution is 2.23. The Morgan fingerprint density at radius 3 is 2.38 bits per heavy atom. The van der Waals surface area contributed by atoms with Crippen LogP contribution in [0.3, 0.4) is 0 Å². The van der Waals surface area contributed by atoms with Gasteiger partial charge in [0.2, 0.25) is 10.0 Å². The maximum Gasteiger partial charge on any atom is 0.251 e. The summed E-state index contributed by atoms with van der Waals surface area (Å²) in [5, 5.41) is 3.04. The van der Waals surface area contributed by atoms with Crippen LogP contribution in [0.4, 0.5) is 0 Å². The Bertz CT molecular complexity index is 635. The number of benzene rings is 1. The maximum atomic E-state index is 12.3. The number of nitrogens with one attached hydrogen (secondary N) is 2. The third kappa shape index (κ3) is 5.29. The minimum Gasteiger partial charge on any atom is -0.383 e. The Morgan fingerprint density at radius 1 is 1.17 bits per heavy atom. The Labute approximate surface area is 144 Å². The molecule has 0 aromatic heterocycles. The summed E-state index contributed by atoms with van der Waals surface area (Å²) in [6.07, 6.45) is 4.27. The van der Waals surface area contributed by atoms with E-state index in [0.29, 0.717) is 12.2 Å². The second-order valence-corrected chi connectivity index (χ2v) is 8.11. The quantitative estimate of drug-likeness (QED) is 0.733. The number of sulfonamides is 1. The highest BCUT2D eigenvalue weighted by molar-refractivity contribution is 7.89. The molecule has 0 heterocycles. The van der Waals surface area contributed by atoms with Gasteiger partial charge in [-0.1, -0.05) is 6.92 Å². The lowest BCUT2D eigenvalue weighted by atomic mass is 9.87. The molecule has 1 aromatic carbocycles. The molecule has 0 bridgehead atoms. The molecule has 6 nitrogen and oxygen atoms in total. The number of hydrogen-bond donors (Lipinski definition) is 2. The maximum absolute atomic E-state index is 12.3. The van der Waals surface area contributed by atoms with Gasteiger partial charge in [0.15, 0.2) is 0 Å². The molecule has 1 fully saturated rings. The van der Waals surface area contributed by atoms with Crippen LogP contribution in [0.1, 0.15) is 43.0 Å². The van der Waals surface area contributed by atoms with Crippen molar-refractivity contribution in [1.82, 2.24) is 10.0 Å². The van der Waals surface area contributed by atoms with Gasteiger partial charge < -0.3 is 10.1 Å². The van der Waals surface area contributed by atoms with Gasteiger partial charge in [0.25, 0.3) is 5.91 Å². The van der Waals surface area contributed by atoms with Gasteiger partial charge in [0.1, 0.15) is 0 Å². The van der Waals surface area contributed by atoms with E-state index in [-0.39, 0.29) is 23.4 Å². The normalized spacial score (nSPS) is 21.4. The van der Waals surface area contributed by atoms with Crippen LogP contribution in [0.15, 0.2) is 29.2 Å². The first-order chi connectivity index (χ1) is 11.4. The van der Waals surface area contributed by atoms with Crippen molar-refractivity contribution in [2.45, 2.75) is 43.5 Å². The second-order valence-electron chi connectivity index (χ2n) is 6.35. The first-order valence-corrected chi connectivity index (χ1v) is 9.80. The van der Waals surface area contributed by atoms with Crippen LogP contribution in [0, 0.1) is 5.92 Å². The summed E-state index contributed by atoms with van der Waals surface area (Å²) < 4.78 is 31.4. The van der Waals surface area contributed by atoms with E-state index in [2.05, 4.69) is 17.0 Å². The molecular formula is C17H26N2O4S. The predicted molar refractivity (Wildman–Crippen MR) is 92.4 cm³/mol. The highest BCUT2D eigenvalue weighted by atomic mass is 32.2. The van der Waals surface area contributed by atoms with E-state index in [1.165, 1.54) is 19.2 Å². The van der Waals surface area contributed by atoms with Gasteiger partial charge in [0.05, 0.1) is 11.5 Å². The molecule has 0 spiro atoms. The molecule has 1 saturated carbocycles. The molecule has 0 atom stereocenters. The monoisotopic (exact) mass is 354 g/mol. The molecule has 24 heavy (non-hydrogen) atoms.